The van der Waals surface area contributed by atoms with Crippen molar-refractivity contribution in [3.8, 4) is 11.6 Å². The number of hydrogen-bond acceptors (Lipinski definition) is 5. The van der Waals surface area contributed by atoms with E-state index in [1.165, 1.54) is 6.42 Å². The monoisotopic (exact) mass is 325 g/mol. The number of carbonyl (C=O) groups is 1. The van der Waals surface area contributed by atoms with Crippen LogP contribution in [0, 0.1) is 6.92 Å². The number of nitrogens with two attached hydrogens (primary N) is 1. The normalized spacial score (nSPS) is 15.1. The van der Waals surface area contributed by atoms with E-state index in [9.17, 15) is 4.79 Å². The molecule has 0 unspecified atom stereocenters. The second kappa shape index (κ2) is 5.67. The molecule has 1 aliphatic rings. The molecule has 0 aromatic carbocycles. The average molecular weight is 325 g/mol. The minimum absolute atomic E-state index is 0.00538. The third-order valence-corrected chi connectivity index (χ3v) is 4.31. The molecule has 4 rings (SSSR count). The molecule has 2 N–H and O–H groups in total. The van der Waals surface area contributed by atoms with Gasteiger partial charge in [0.1, 0.15) is 5.76 Å². The van der Waals surface area contributed by atoms with Gasteiger partial charge in [-0.05, 0) is 44.4 Å². The second-order valence-corrected chi connectivity index (χ2v) is 6.15. The molecule has 0 atom stereocenters. The number of rotatable bonds is 2. The van der Waals surface area contributed by atoms with Crippen LogP contribution >= 0.6 is 0 Å². The van der Waals surface area contributed by atoms with Crippen molar-refractivity contribution in [1.29, 1.82) is 0 Å². The van der Waals surface area contributed by atoms with E-state index in [4.69, 9.17) is 10.2 Å². The van der Waals surface area contributed by atoms with Crippen LogP contribution in [0.2, 0.25) is 0 Å². The fourth-order valence-corrected chi connectivity index (χ4v) is 3.07. The summed E-state index contributed by atoms with van der Waals surface area (Å²) in [6, 6.07) is 5.36. The van der Waals surface area contributed by atoms with E-state index in [2.05, 4.69) is 10.1 Å². The summed E-state index contributed by atoms with van der Waals surface area (Å²) in [5.41, 5.74) is 7.59. The Bertz CT molecular complexity index is 905. The van der Waals surface area contributed by atoms with Gasteiger partial charge < -0.3 is 15.1 Å². The Labute approximate surface area is 139 Å². The summed E-state index contributed by atoms with van der Waals surface area (Å²) >= 11 is 0. The maximum atomic E-state index is 12.7. The third-order valence-electron chi connectivity index (χ3n) is 4.31. The van der Waals surface area contributed by atoms with E-state index in [1.54, 1.807) is 16.8 Å². The fraction of sp³-hybridized carbons (Fsp3) is 0.353. The highest BCUT2D eigenvalue weighted by Crippen LogP contribution is 2.23. The van der Waals surface area contributed by atoms with Gasteiger partial charge in [0, 0.05) is 19.3 Å². The molecule has 1 aliphatic heterocycles. The first-order chi connectivity index (χ1) is 11.6. The summed E-state index contributed by atoms with van der Waals surface area (Å²) in [6.45, 7) is 3.46. The highest BCUT2D eigenvalue weighted by atomic mass is 16.3. The van der Waals surface area contributed by atoms with Crippen molar-refractivity contribution in [1.82, 2.24) is 19.5 Å². The molecule has 4 heterocycles. The van der Waals surface area contributed by atoms with Gasteiger partial charge in [-0.1, -0.05) is 0 Å². The van der Waals surface area contributed by atoms with Gasteiger partial charge in [0.2, 0.25) is 5.82 Å². The first kappa shape index (κ1) is 14.7. The lowest BCUT2D eigenvalue weighted by molar-refractivity contribution is 0.0723. The highest BCUT2D eigenvalue weighted by Gasteiger charge is 2.20. The first-order valence-electron chi connectivity index (χ1n) is 8.14. The predicted octanol–water partition coefficient (Wildman–Crippen LogP) is 2.51. The van der Waals surface area contributed by atoms with Crippen molar-refractivity contribution in [2.75, 3.05) is 18.8 Å². The number of amides is 1. The van der Waals surface area contributed by atoms with Gasteiger partial charge in [-0.3, -0.25) is 4.79 Å². The molecule has 0 bridgehead atoms. The van der Waals surface area contributed by atoms with Crippen LogP contribution in [0.5, 0.6) is 0 Å². The SMILES string of the molecule is Cc1ccc(-c2nc3c(N)cc(C(=O)N4CCCCC4)cn3n2)o1. The number of aryl methyl sites for hydroxylation is 1. The molecule has 7 nitrogen and oxygen atoms in total. The van der Waals surface area contributed by atoms with Gasteiger partial charge in [-0.2, -0.15) is 0 Å². The van der Waals surface area contributed by atoms with Crippen LogP contribution in [-0.4, -0.2) is 38.5 Å². The zero-order valence-electron chi connectivity index (χ0n) is 13.5. The van der Waals surface area contributed by atoms with Crippen LogP contribution in [0.3, 0.4) is 0 Å². The number of carbonyl (C=O) groups excluding carboxylic acids is 1. The molecule has 24 heavy (non-hydrogen) atoms. The van der Waals surface area contributed by atoms with Crippen LogP contribution in [0.4, 0.5) is 5.69 Å². The van der Waals surface area contributed by atoms with Gasteiger partial charge in [0.05, 0.1) is 11.3 Å². The number of nitrogens with zero attached hydrogens (tertiary/aromatic N) is 4. The third kappa shape index (κ3) is 2.51. The molecule has 3 aromatic rings. The molecule has 0 radical (unpaired) electrons. The number of anilines is 1. The summed E-state index contributed by atoms with van der Waals surface area (Å²) in [5, 5.41) is 4.41. The molecular formula is C17H19N5O2. The lowest BCUT2D eigenvalue weighted by Crippen LogP contribution is -2.35. The highest BCUT2D eigenvalue weighted by molar-refractivity contribution is 5.95. The minimum atomic E-state index is -0.00538. The summed E-state index contributed by atoms with van der Waals surface area (Å²) in [4.78, 5) is 19.0. The number of piperidine rings is 1. The van der Waals surface area contributed by atoms with Crippen molar-refractivity contribution < 1.29 is 9.21 Å². The number of aromatic nitrogens is 3. The van der Waals surface area contributed by atoms with Crippen molar-refractivity contribution >= 4 is 17.2 Å². The molecule has 1 fully saturated rings. The Morgan fingerprint density at radius 2 is 2.04 bits per heavy atom. The van der Waals surface area contributed by atoms with Gasteiger partial charge in [0.25, 0.3) is 5.91 Å². The zero-order valence-corrected chi connectivity index (χ0v) is 13.5. The van der Waals surface area contributed by atoms with Crippen LogP contribution in [0.1, 0.15) is 35.4 Å². The summed E-state index contributed by atoms with van der Waals surface area (Å²) in [6.07, 6.45) is 4.97. The van der Waals surface area contributed by atoms with Gasteiger partial charge in [-0.15, -0.1) is 5.10 Å². The molecule has 0 saturated carbocycles. The largest absolute Gasteiger partial charge is 0.458 e. The fourth-order valence-electron chi connectivity index (χ4n) is 3.07. The Balaban J connectivity index is 1.72. The quantitative estimate of drug-likeness (QED) is 0.782. The molecule has 7 heteroatoms. The van der Waals surface area contributed by atoms with Crippen LogP contribution in [0.25, 0.3) is 17.2 Å². The Hall–Kier alpha value is -2.83. The maximum Gasteiger partial charge on any atom is 0.255 e. The summed E-state index contributed by atoms with van der Waals surface area (Å²) < 4.78 is 7.11. The topological polar surface area (TPSA) is 89.7 Å². The summed E-state index contributed by atoms with van der Waals surface area (Å²) in [7, 11) is 0. The Morgan fingerprint density at radius 3 is 2.75 bits per heavy atom. The number of fused-ring (bicyclic) bond motifs is 1. The molecule has 124 valence electrons. The number of furan rings is 1. The van der Waals surface area contributed by atoms with Gasteiger partial charge in [-0.25, -0.2) is 9.50 Å². The van der Waals surface area contributed by atoms with Crippen LogP contribution in [-0.2, 0) is 0 Å². The van der Waals surface area contributed by atoms with Gasteiger partial charge >= 0.3 is 0 Å². The van der Waals surface area contributed by atoms with E-state index in [0.717, 1.165) is 31.7 Å². The van der Waals surface area contributed by atoms with E-state index in [0.29, 0.717) is 28.5 Å². The number of hydrogen-bond donors (Lipinski definition) is 1. The van der Waals surface area contributed by atoms with Crippen molar-refractivity contribution in [2.45, 2.75) is 26.2 Å². The van der Waals surface area contributed by atoms with E-state index in [-0.39, 0.29) is 5.91 Å². The average Bonchev–Trinajstić information content (AvgIpc) is 3.21. The number of likely N-dealkylation sites (tertiary alicyclic amines) is 1. The lowest BCUT2D eigenvalue weighted by Gasteiger charge is -2.26. The van der Waals surface area contributed by atoms with E-state index < -0.39 is 0 Å². The number of pyridine rings is 1. The van der Waals surface area contributed by atoms with Crippen molar-refractivity contribution in [3.05, 3.63) is 35.7 Å². The van der Waals surface area contributed by atoms with Crippen LogP contribution in [0.15, 0.2) is 28.8 Å². The molecule has 0 spiro atoms. The number of nitrogen functional groups attached to an aromatic ring is 1. The Kier molecular flexibility index (Phi) is 3.48. The molecule has 0 aliphatic carbocycles. The Morgan fingerprint density at radius 1 is 1.25 bits per heavy atom. The van der Waals surface area contributed by atoms with Crippen molar-refractivity contribution in [3.63, 3.8) is 0 Å². The first-order valence-corrected chi connectivity index (χ1v) is 8.14. The lowest BCUT2D eigenvalue weighted by atomic mass is 10.1. The van der Waals surface area contributed by atoms with Gasteiger partial charge in [0.15, 0.2) is 11.4 Å². The minimum Gasteiger partial charge on any atom is -0.458 e. The molecule has 1 saturated heterocycles. The second-order valence-electron chi connectivity index (χ2n) is 6.15. The molecular weight excluding hydrogens is 306 g/mol. The zero-order chi connectivity index (χ0) is 16.7. The van der Waals surface area contributed by atoms with E-state index >= 15 is 0 Å². The molecule has 1 amide bonds. The standard InChI is InChI=1S/C17H19N5O2/c1-11-5-6-14(24-11)15-19-16-13(18)9-12(10-22(16)20-15)17(23)21-7-3-2-4-8-21/h5-6,9-10H,2-4,7-8,18H2,1H3. The van der Waals surface area contributed by atoms with Crippen molar-refractivity contribution in [2.24, 2.45) is 0 Å². The molecule has 3 aromatic heterocycles. The summed E-state index contributed by atoms with van der Waals surface area (Å²) in [5.74, 6) is 1.82. The maximum absolute atomic E-state index is 12.7. The predicted molar refractivity (Wildman–Crippen MR) is 89.6 cm³/mol. The van der Waals surface area contributed by atoms with E-state index in [1.807, 2.05) is 24.0 Å². The van der Waals surface area contributed by atoms with Crippen LogP contribution < -0.4 is 5.73 Å². The smallest absolute Gasteiger partial charge is 0.255 e.